The number of benzene rings is 3. The number of ether oxygens (including phenoxy) is 3. The third kappa shape index (κ3) is 4.70. The number of amides is 1. The van der Waals surface area contributed by atoms with Gasteiger partial charge in [-0.3, -0.25) is 14.5 Å². The van der Waals surface area contributed by atoms with Crippen molar-refractivity contribution < 1.29 is 28.9 Å². The molecule has 0 unspecified atom stereocenters. The molecule has 2 heterocycles. The van der Waals surface area contributed by atoms with Crippen LogP contribution in [0.4, 0.5) is 5.13 Å². The van der Waals surface area contributed by atoms with Crippen molar-refractivity contribution in [3.8, 4) is 17.2 Å². The van der Waals surface area contributed by atoms with E-state index in [1.165, 1.54) is 30.5 Å². The molecule has 0 spiro atoms. The molecule has 200 valence electrons. The van der Waals surface area contributed by atoms with Crippen LogP contribution in [0, 0.1) is 0 Å². The largest absolute Gasteiger partial charge is 0.507 e. The first-order chi connectivity index (χ1) is 18.9. The summed E-state index contributed by atoms with van der Waals surface area (Å²) < 4.78 is 17.3. The molecule has 39 heavy (non-hydrogen) atoms. The van der Waals surface area contributed by atoms with Crippen LogP contribution in [0.5, 0.6) is 17.2 Å². The van der Waals surface area contributed by atoms with Crippen LogP contribution in [0.1, 0.15) is 36.6 Å². The molecule has 3 aromatic carbocycles. The normalized spacial score (nSPS) is 16.6. The van der Waals surface area contributed by atoms with E-state index in [2.05, 4.69) is 6.92 Å². The van der Waals surface area contributed by atoms with Crippen molar-refractivity contribution in [3.05, 3.63) is 82.9 Å². The highest BCUT2D eigenvalue weighted by atomic mass is 32.1. The SMILES string of the molecule is CCOc1ccc(/C(O)=C2\C(=O)C(=O)N(c3nc4ccc(CC)cc4s3)[C@H]2c2ccc(OC)c(OC)c2)cc1. The molecule has 5 rings (SSSR count). The lowest BCUT2D eigenvalue weighted by atomic mass is 9.95. The highest BCUT2D eigenvalue weighted by Gasteiger charge is 2.48. The van der Waals surface area contributed by atoms with Crippen LogP contribution in [-0.2, 0) is 16.0 Å². The van der Waals surface area contributed by atoms with Crippen molar-refractivity contribution in [2.75, 3.05) is 25.7 Å². The van der Waals surface area contributed by atoms with E-state index in [0.29, 0.717) is 40.1 Å². The van der Waals surface area contributed by atoms with Crippen LogP contribution < -0.4 is 19.1 Å². The van der Waals surface area contributed by atoms with Gasteiger partial charge in [0.05, 0.1) is 42.7 Å². The molecular weight excluding hydrogens is 516 g/mol. The third-order valence-corrected chi connectivity index (χ3v) is 7.68. The lowest BCUT2D eigenvalue weighted by Gasteiger charge is -2.23. The van der Waals surface area contributed by atoms with E-state index in [1.54, 1.807) is 42.5 Å². The van der Waals surface area contributed by atoms with E-state index >= 15 is 0 Å². The molecule has 1 amide bonds. The van der Waals surface area contributed by atoms with Gasteiger partial charge in [0.2, 0.25) is 0 Å². The van der Waals surface area contributed by atoms with Gasteiger partial charge in [0.25, 0.3) is 5.78 Å². The molecule has 0 aliphatic carbocycles. The summed E-state index contributed by atoms with van der Waals surface area (Å²) in [5, 5.41) is 11.8. The zero-order valence-electron chi connectivity index (χ0n) is 22.1. The first-order valence-electron chi connectivity index (χ1n) is 12.6. The number of rotatable bonds is 8. The summed E-state index contributed by atoms with van der Waals surface area (Å²) in [5.41, 5.74) is 2.79. The van der Waals surface area contributed by atoms with Crippen molar-refractivity contribution in [3.63, 3.8) is 0 Å². The van der Waals surface area contributed by atoms with Gasteiger partial charge >= 0.3 is 5.91 Å². The van der Waals surface area contributed by atoms with Crippen molar-refractivity contribution in [1.82, 2.24) is 4.98 Å². The number of hydrogen-bond donors (Lipinski definition) is 1. The quantitative estimate of drug-likeness (QED) is 0.168. The van der Waals surface area contributed by atoms with Crippen LogP contribution in [0.3, 0.4) is 0 Å². The first kappa shape index (κ1) is 26.2. The van der Waals surface area contributed by atoms with Crippen LogP contribution in [-0.4, -0.2) is 42.6 Å². The molecule has 0 saturated carbocycles. The van der Waals surface area contributed by atoms with E-state index in [0.717, 1.165) is 22.2 Å². The van der Waals surface area contributed by atoms with Crippen LogP contribution in [0.2, 0.25) is 0 Å². The topological polar surface area (TPSA) is 98.2 Å². The van der Waals surface area contributed by atoms with E-state index < -0.39 is 17.7 Å². The molecule has 0 radical (unpaired) electrons. The first-order valence-corrected chi connectivity index (χ1v) is 13.4. The van der Waals surface area contributed by atoms with Crippen LogP contribution in [0.15, 0.2) is 66.2 Å². The van der Waals surface area contributed by atoms with Crippen molar-refractivity contribution in [2.45, 2.75) is 26.3 Å². The van der Waals surface area contributed by atoms with Gasteiger partial charge in [0, 0.05) is 5.56 Å². The summed E-state index contributed by atoms with van der Waals surface area (Å²) in [7, 11) is 3.04. The second-order valence-electron chi connectivity index (χ2n) is 8.89. The Morgan fingerprint density at radius 1 is 0.974 bits per heavy atom. The Kier molecular flexibility index (Phi) is 7.26. The number of fused-ring (bicyclic) bond motifs is 1. The Bertz CT molecular complexity index is 1590. The fourth-order valence-corrected chi connectivity index (χ4v) is 5.74. The van der Waals surface area contributed by atoms with E-state index in [1.807, 2.05) is 25.1 Å². The molecule has 1 aliphatic rings. The smallest absolute Gasteiger partial charge is 0.301 e. The number of carbonyl (C=O) groups excluding carboxylic acids is 2. The number of ketones is 1. The predicted octanol–water partition coefficient (Wildman–Crippen LogP) is 5.90. The molecule has 1 aromatic heterocycles. The molecule has 8 nitrogen and oxygen atoms in total. The average Bonchev–Trinajstić information content (AvgIpc) is 3.50. The maximum absolute atomic E-state index is 13.6. The monoisotopic (exact) mass is 544 g/mol. The molecule has 1 N–H and O–H groups in total. The standard InChI is InChI=1S/C30H28N2O6S/c1-5-17-7-13-21-24(15-17)39-30(31-21)32-26(19-10-14-22(36-3)23(16-19)37-4)25(28(34)29(32)35)27(33)18-8-11-20(12-9-18)38-6-2/h7-16,26,33H,5-6H2,1-4H3/b27-25+/t26-/m0/s1. The fourth-order valence-electron chi connectivity index (χ4n) is 4.68. The predicted molar refractivity (Wildman–Crippen MR) is 151 cm³/mol. The minimum absolute atomic E-state index is 0.0371. The van der Waals surface area contributed by atoms with Crippen molar-refractivity contribution in [2.24, 2.45) is 0 Å². The number of aliphatic hydroxyl groups is 1. The third-order valence-electron chi connectivity index (χ3n) is 6.66. The summed E-state index contributed by atoms with van der Waals surface area (Å²) >= 11 is 1.33. The van der Waals surface area contributed by atoms with Gasteiger partial charge in [-0.15, -0.1) is 0 Å². The van der Waals surface area contributed by atoms with E-state index in [-0.39, 0.29) is 11.3 Å². The lowest BCUT2D eigenvalue weighted by Crippen LogP contribution is -2.29. The highest BCUT2D eigenvalue weighted by molar-refractivity contribution is 7.22. The highest BCUT2D eigenvalue weighted by Crippen LogP contribution is 2.46. The molecule has 1 saturated heterocycles. The summed E-state index contributed by atoms with van der Waals surface area (Å²) in [5.74, 6) is -0.290. The number of aryl methyl sites for hydroxylation is 1. The number of hydrogen-bond acceptors (Lipinski definition) is 8. The number of anilines is 1. The number of Topliss-reactive ketones (excluding diaryl/α,β-unsaturated/α-hetero) is 1. The number of methoxy groups -OCH3 is 2. The van der Waals surface area contributed by atoms with Crippen molar-refractivity contribution in [1.29, 1.82) is 0 Å². The van der Waals surface area contributed by atoms with Gasteiger partial charge in [0.15, 0.2) is 16.6 Å². The summed E-state index contributed by atoms with van der Waals surface area (Å²) in [4.78, 5) is 33.2. The van der Waals surface area contributed by atoms with Crippen LogP contribution in [0.25, 0.3) is 16.0 Å². The van der Waals surface area contributed by atoms with Crippen molar-refractivity contribution >= 4 is 44.1 Å². The number of carbonyl (C=O) groups is 2. The Morgan fingerprint density at radius 2 is 1.72 bits per heavy atom. The maximum atomic E-state index is 13.6. The lowest BCUT2D eigenvalue weighted by molar-refractivity contribution is -0.132. The zero-order valence-corrected chi connectivity index (χ0v) is 22.9. The minimum atomic E-state index is -0.942. The number of nitrogens with zero attached hydrogens (tertiary/aromatic N) is 2. The zero-order chi connectivity index (χ0) is 27.7. The molecule has 0 bridgehead atoms. The van der Waals surface area contributed by atoms with Gasteiger partial charge in [-0.1, -0.05) is 30.4 Å². The second-order valence-corrected chi connectivity index (χ2v) is 9.90. The van der Waals surface area contributed by atoms with E-state index in [9.17, 15) is 14.7 Å². The van der Waals surface area contributed by atoms with E-state index in [4.69, 9.17) is 19.2 Å². The minimum Gasteiger partial charge on any atom is -0.507 e. The number of aliphatic hydroxyl groups excluding tert-OH is 1. The summed E-state index contributed by atoms with van der Waals surface area (Å²) in [6.45, 7) is 4.45. The molecule has 1 aliphatic heterocycles. The fraction of sp³-hybridized carbons (Fsp3) is 0.233. The Morgan fingerprint density at radius 3 is 2.38 bits per heavy atom. The Balaban J connectivity index is 1.70. The van der Waals surface area contributed by atoms with Crippen LogP contribution >= 0.6 is 11.3 Å². The van der Waals surface area contributed by atoms with Gasteiger partial charge in [0.1, 0.15) is 11.5 Å². The molecule has 1 fully saturated rings. The second kappa shape index (κ2) is 10.8. The molecule has 1 atom stereocenters. The molecule has 9 heteroatoms. The van der Waals surface area contributed by atoms with Gasteiger partial charge in [-0.05, 0) is 73.0 Å². The summed E-state index contributed by atoms with van der Waals surface area (Å²) in [6.07, 6.45) is 0.863. The van der Waals surface area contributed by atoms with Gasteiger partial charge < -0.3 is 19.3 Å². The number of thiazole rings is 1. The Labute approximate surface area is 230 Å². The summed E-state index contributed by atoms with van der Waals surface area (Å²) in [6, 6.07) is 16.9. The number of aromatic nitrogens is 1. The molecular formula is C30H28N2O6S. The average molecular weight is 545 g/mol. The van der Waals surface area contributed by atoms with Gasteiger partial charge in [-0.25, -0.2) is 4.98 Å². The maximum Gasteiger partial charge on any atom is 0.301 e. The van der Waals surface area contributed by atoms with Gasteiger partial charge in [-0.2, -0.15) is 0 Å². The molecule has 4 aromatic rings. The Hall–Kier alpha value is -4.37.